The van der Waals surface area contributed by atoms with Crippen molar-refractivity contribution < 1.29 is 9.59 Å². The van der Waals surface area contributed by atoms with Gasteiger partial charge >= 0.3 is 0 Å². The molecule has 4 nitrogen and oxygen atoms in total. The Labute approximate surface area is 249 Å². The minimum absolute atomic E-state index is 0.0432. The third kappa shape index (κ3) is 8.56. The minimum Gasteiger partial charge on any atom is -0.352 e. The maximum absolute atomic E-state index is 13.8. The van der Waals surface area contributed by atoms with Crippen LogP contribution in [0.4, 0.5) is 0 Å². The van der Waals surface area contributed by atoms with Crippen molar-refractivity contribution in [2.24, 2.45) is 0 Å². The summed E-state index contributed by atoms with van der Waals surface area (Å²) in [6.07, 6.45) is 1.11. The molecule has 0 fully saturated rings. The summed E-state index contributed by atoms with van der Waals surface area (Å²) in [5, 5.41) is 5.03. The average molecular weight is 612 g/mol. The monoisotopic (exact) mass is 610 g/mol. The number of hydrogen-bond donors (Lipinski definition) is 1. The smallest absolute Gasteiger partial charge is 0.243 e. The van der Waals surface area contributed by atoms with Gasteiger partial charge in [-0.15, -0.1) is 11.8 Å². The van der Waals surface area contributed by atoms with Crippen molar-refractivity contribution >= 4 is 70.0 Å². The van der Waals surface area contributed by atoms with Crippen LogP contribution < -0.4 is 5.32 Å². The lowest BCUT2D eigenvalue weighted by atomic mass is 10.0. The van der Waals surface area contributed by atoms with Gasteiger partial charge in [0.15, 0.2) is 0 Å². The van der Waals surface area contributed by atoms with Crippen LogP contribution in [0.2, 0.25) is 20.1 Å². The fraction of sp³-hybridized carbons (Fsp3) is 0.310. The second-order valence-electron chi connectivity index (χ2n) is 8.94. The van der Waals surface area contributed by atoms with Crippen LogP contribution in [-0.4, -0.2) is 34.6 Å². The fourth-order valence-corrected chi connectivity index (χ4v) is 6.01. The van der Waals surface area contributed by atoms with E-state index >= 15 is 0 Å². The number of nitrogens with zero attached hydrogens (tertiary/aromatic N) is 1. The van der Waals surface area contributed by atoms with Crippen LogP contribution in [0.3, 0.4) is 0 Å². The Morgan fingerprint density at radius 2 is 1.39 bits per heavy atom. The summed E-state index contributed by atoms with van der Waals surface area (Å²) in [6.45, 7) is 4.04. The lowest BCUT2D eigenvalue weighted by molar-refractivity contribution is -0.139. The summed E-state index contributed by atoms with van der Waals surface area (Å²) in [5.41, 5.74) is 2.30. The van der Waals surface area contributed by atoms with Gasteiger partial charge in [-0.25, -0.2) is 0 Å². The zero-order valence-corrected chi connectivity index (χ0v) is 25.1. The largest absolute Gasteiger partial charge is 0.352 e. The lowest BCUT2D eigenvalue weighted by Crippen LogP contribution is -2.52. The van der Waals surface area contributed by atoms with Crippen molar-refractivity contribution in [1.29, 1.82) is 0 Å². The van der Waals surface area contributed by atoms with E-state index in [0.717, 1.165) is 17.5 Å². The summed E-state index contributed by atoms with van der Waals surface area (Å²) >= 11 is 27.0. The maximum Gasteiger partial charge on any atom is 0.243 e. The number of rotatable bonds is 12. The molecule has 0 aliphatic rings. The van der Waals surface area contributed by atoms with Crippen molar-refractivity contribution in [1.82, 2.24) is 10.2 Å². The van der Waals surface area contributed by atoms with Gasteiger partial charge < -0.3 is 10.2 Å². The highest BCUT2D eigenvalue weighted by molar-refractivity contribution is 7.99. The molecule has 0 saturated heterocycles. The van der Waals surface area contributed by atoms with Crippen LogP contribution in [-0.2, 0) is 28.3 Å². The fourth-order valence-electron chi connectivity index (χ4n) is 3.84. The summed E-state index contributed by atoms with van der Waals surface area (Å²) in [7, 11) is 0. The Hall–Kier alpha value is -1.89. The summed E-state index contributed by atoms with van der Waals surface area (Å²) in [4.78, 5) is 29.0. The average Bonchev–Trinajstić information content (AvgIpc) is 2.89. The van der Waals surface area contributed by atoms with Gasteiger partial charge in [0, 0.05) is 50.4 Å². The molecule has 2 amide bonds. The van der Waals surface area contributed by atoms with E-state index in [-0.39, 0.29) is 30.2 Å². The predicted molar refractivity (Wildman–Crippen MR) is 161 cm³/mol. The zero-order chi connectivity index (χ0) is 27.7. The molecule has 0 radical (unpaired) electrons. The van der Waals surface area contributed by atoms with Crippen molar-refractivity contribution in [2.45, 2.75) is 51.1 Å². The van der Waals surface area contributed by atoms with Crippen LogP contribution >= 0.6 is 58.2 Å². The molecule has 0 spiro atoms. The molecular formula is C29H30Cl4N2O2S. The molecule has 0 aromatic heterocycles. The molecule has 0 unspecified atom stereocenters. The van der Waals surface area contributed by atoms with Gasteiger partial charge in [0.2, 0.25) is 11.8 Å². The Morgan fingerprint density at radius 1 is 0.842 bits per heavy atom. The topological polar surface area (TPSA) is 49.4 Å². The number of carbonyl (C=O) groups is 2. The lowest BCUT2D eigenvalue weighted by Gasteiger charge is -2.32. The third-order valence-electron chi connectivity index (χ3n) is 6.20. The Balaban J connectivity index is 1.92. The molecule has 0 bridgehead atoms. The zero-order valence-electron chi connectivity index (χ0n) is 21.2. The number of benzene rings is 3. The van der Waals surface area contributed by atoms with E-state index in [1.54, 1.807) is 41.3 Å². The van der Waals surface area contributed by atoms with Gasteiger partial charge in [-0.1, -0.05) is 95.8 Å². The molecule has 1 N–H and O–H groups in total. The SMILES string of the molecule is CC[C@H](C)NC(=O)[C@@H](Cc1ccccc1)N(Cc1c(Cl)cccc1Cl)C(=O)CSCc1c(Cl)cccc1Cl. The van der Waals surface area contributed by atoms with E-state index in [4.69, 9.17) is 46.4 Å². The van der Waals surface area contributed by atoms with Crippen LogP contribution in [0.25, 0.3) is 0 Å². The Bertz CT molecular complexity index is 1200. The first-order valence-electron chi connectivity index (χ1n) is 12.3. The number of thioether (sulfide) groups is 1. The quantitative estimate of drug-likeness (QED) is 0.225. The summed E-state index contributed by atoms with van der Waals surface area (Å²) in [5.74, 6) is 0.132. The van der Waals surface area contributed by atoms with Crippen molar-refractivity contribution in [3.05, 3.63) is 104 Å². The number of nitrogens with one attached hydrogen (secondary N) is 1. The second kappa shape index (κ2) is 15.0. The molecule has 38 heavy (non-hydrogen) atoms. The molecule has 0 aliphatic heterocycles. The molecule has 3 aromatic carbocycles. The summed E-state index contributed by atoms with van der Waals surface area (Å²) in [6, 6.07) is 19.4. The van der Waals surface area contributed by atoms with Gasteiger partial charge in [0.05, 0.1) is 5.75 Å². The molecule has 0 heterocycles. The second-order valence-corrected chi connectivity index (χ2v) is 11.6. The molecule has 0 saturated carbocycles. The minimum atomic E-state index is -0.768. The Kier molecular flexibility index (Phi) is 12.1. The molecule has 2 atom stereocenters. The van der Waals surface area contributed by atoms with Crippen LogP contribution in [0.5, 0.6) is 0 Å². The third-order valence-corrected chi connectivity index (χ3v) is 8.56. The van der Waals surface area contributed by atoms with Crippen molar-refractivity contribution in [2.75, 3.05) is 5.75 Å². The first-order chi connectivity index (χ1) is 18.2. The molecule has 202 valence electrons. The van der Waals surface area contributed by atoms with Crippen LogP contribution in [0.15, 0.2) is 66.7 Å². The number of halogens is 4. The summed E-state index contributed by atoms with van der Waals surface area (Å²) < 4.78 is 0. The first kappa shape index (κ1) is 30.6. The van der Waals surface area contributed by atoms with E-state index in [9.17, 15) is 9.59 Å². The van der Waals surface area contributed by atoms with E-state index in [0.29, 0.717) is 37.8 Å². The Morgan fingerprint density at radius 3 is 1.95 bits per heavy atom. The standard InChI is InChI=1S/C29H30Cl4N2O2S/c1-3-19(2)34-29(37)27(15-20-9-5-4-6-10-20)35(16-21-23(30)11-7-12-24(21)31)28(36)18-38-17-22-25(32)13-8-14-26(22)33/h4-14,19,27H,3,15-18H2,1-2H3,(H,34,37)/t19-,27+/m0/s1. The highest BCUT2D eigenvalue weighted by Gasteiger charge is 2.31. The molecule has 3 rings (SSSR count). The predicted octanol–water partition coefficient (Wildman–Crippen LogP) is 8.09. The molecular weight excluding hydrogens is 582 g/mol. The maximum atomic E-state index is 13.8. The highest BCUT2D eigenvalue weighted by Crippen LogP contribution is 2.30. The van der Waals surface area contributed by atoms with Gasteiger partial charge in [-0.05, 0) is 48.7 Å². The van der Waals surface area contributed by atoms with Gasteiger partial charge in [0.1, 0.15) is 6.04 Å². The van der Waals surface area contributed by atoms with E-state index in [1.807, 2.05) is 44.2 Å². The first-order valence-corrected chi connectivity index (χ1v) is 14.9. The van der Waals surface area contributed by atoms with Gasteiger partial charge in [0.25, 0.3) is 0 Å². The highest BCUT2D eigenvalue weighted by atomic mass is 35.5. The van der Waals surface area contributed by atoms with Crippen LogP contribution in [0.1, 0.15) is 37.0 Å². The van der Waals surface area contributed by atoms with Crippen molar-refractivity contribution in [3.8, 4) is 0 Å². The van der Waals surface area contributed by atoms with Gasteiger partial charge in [-0.2, -0.15) is 0 Å². The van der Waals surface area contributed by atoms with Gasteiger partial charge in [-0.3, -0.25) is 9.59 Å². The van der Waals surface area contributed by atoms with E-state index < -0.39 is 6.04 Å². The number of amides is 2. The van der Waals surface area contributed by atoms with E-state index in [1.165, 1.54) is 11.8 Å². The normalized spacial score (nSPS) is 12.6. The van der Waals surface area contributed by atoms with E-state index in [2.05, 4.69) is 5.32 Å². The van der Waals surface area contributed by atoms with Crippen molar-refractivity contribution in [3.63, 3.8) is 0 Å². The molecule has 3 aromatic rings. The molecule has 0 aliphatic carbocycles. The van der Waals surface area contributed by atoms with Crippen LogP contribution in [0, 0.1) is 0 Å². The molecule has 9 heteroatoms. The number of carbonyl (C=O) groups excluding carboxylic acids is 2. The number of hydrogen-bond acceptors (Lipinski definition) is 3.